The molecule has 1 N–H and O–H groups in total. The van der Waals surface area contributed by atoms with E-state index in [-0.39, 0.29) is 18.2 Å². The Balaban J connectivity index is 2.29. The summed E-state index contributed by atoms with van der Waals surface area (Å²) in [7, 11) is 2.99. The zero-order valence-electron chi connectivity index (χ0n) is 12.7. The van der Waals surface area contributed by atoms with Crippen LogP contribution in [0.3, 0.4) is 0 Å². The maximum atomic E-state index is 12.6. The molecule has 118 valence electrons. The molecule has 0 aliphatic carbocycles. The summed E-state index contributed by atoms with van der Waals surface area (Å²) in [6, 6.07) is 4.01. The average Bonchev–Trinajstić information content (AvgIpc) is 2.85. The van der Waals surface area contributed by atoms with Gasteiger partial charge in [-0.1, -0.05) is 0 Å². The molecule has 1 atom stereocenters. The monoisotopic (exact) mass is 306 g/mol. The van der Waals surface area contributed by atoms with Crippen molar-refractivity contribution in [3.8, 4) is 11.5 Å². The number of hydrogen-bond donors (Lipinski definition) is 1. The minimum absolute atomic E-state index is 0.00823. The third kappa shape index (κ3) is 2.88. The molecule has 1 heterocycles. The van der Waals surface area contributed by atoms with Gasteiger partial charge in [-0.05, 0) is 25.1 Å². The number of likely N-dealkylation sites (N-methyl/N-ethyl adjacent to an activating group) is 1. The smallest absolute Gasteiger partial charge is 0.254 e. The Hall–Kier alpha value is -2.57. The van der Waals surface area contributed by atoms with Crippen molar-refractivity contribution in [2.24, 2.45) is 0 Å². The molecule has 0 aromatic heterocycles. The first-order valence-corrected chi connectivity index (χ1v) is 6.88. The lowest BCUT2D eigenvalue weighted by molar-refractivity contribution is -0.126. The molecule has 1 saturated heterocycles. The number of carbonyl (C=O) groups is 3. The van der Waals surface area contributed by atoms with Crippen molar-refractivity contribution >= 4 is 17.7 Å². The lowest BCUT2D eigenvalue weighted by atomic mass is 10.1. The second-order valence-electron chi connectivity index (χ2n) is 4.79. The van der Waals surface area contributed by atoms with E-state index in [1.807, 2.05) is 0 Å². The first-order valence-electron chi connectivity index (χ1n) is 6.88. The second-order valence-corrected chi connectivity index (χ2v) is 4.79. The fraction of sp³-hybridized carbons (Fsp3) is 0.400. The van der Waals surface area contributed by atoms with Crippen LogP contribution in [-0.2, 0) is 9.59 Å². The van der Waals surface area contributed by atoms with Gasteiger partial charge in [0.25, 0.3) is 5.91 Å². The molecule has 0 bridgehead atoms. The zero-order valence-corrected chi connectivity index (χ0v) is 12.7. The van der Waals surface area contributed by atoms with Gasteiger partial charge in [-0.25, -0.2) is 0 Å². The van der Waals surface area contributed by atoms with Crippen LogP contribution in [0.1, 0.15) is 23.7 Å². The van der Waals surface area contributed by atoms with Gasteiger partial charge in [-0.15, -0.1) is 0 Å². The Morgan fingerprint density at radius 3 is 2.45 bits per heavy atom. The van der Waals surface area contributed by atoms with Crippen LogP contribution in [0.15, 0.2) is 18.2 Å². The van der Waals surface area contributed by atoms with Crippen LogP contribution >= 0.6 is 0 Å². The molecule has 1 aliphatic rings. The van der Waals surface area contributed by atoms with E-state index in [4.69, 9.17) is 9.47 Å². The number of ether oxygens (including phenoxy) is 2. The van der Waals surface area contributed by atoms with Gasteiger partial charge in [0.2, 0.25) is 11.8 Å². The Kier molecular flexibility index (Phi) is 4.65. The maximum Gasteiger partial charge on any atom is 0.254 e. The van der Waals surface area contributed by atoms with Crippen LogP contribution in [-0.4, -0.2) is 49.4 Å². The molecule has 7 nitrogen and oxygen atoms in total. The highest BCUT2D eigenvalue weighted by molar-refractivity contribution is 6.08. The van der Waals surface area contributed by atoms with Crippen molar-refractivity contribution in [3.63, 3.8) is 0 Å². The SMILES string of the molecule is CCN(C(=O)c1ccc(OC)c(OC)c1)[C@H]1CC(=O)NC1=O. The van der Waals surface area contributed by atoms with Crippen LogP contribution < -0.4 is 14.8 Å². The predicted octanol–water partition coefficient (Wildman–Crippen LogP) is 0.581. The van der Waals surface area contributed by atoms with Gasteiger partial charge in [0.1, 0.15) is 6.04 Å². The van der Waals surface area contributed by atoms with Crippen molar-refractivity contribution in [1.29, 1.82) is 0 Å². The Bertz CT molecular complexity index is 614. The number of nitrogens with one attached hydrogen (secondary N) is 1. The number of hydrogen-bond acceptors (Lipinski definition) is 5. The molecule has 1 fully saturated rings. The summed E-state index contributed by atoms with van der Waals surface area (Å²) < 4.78 is 10.3. The van der Waals surface area contributed by atoms with Crippen molar-refractivity contribution in [3.05, 3.63) is 23.8 Å². The molecule has 0 spiro atoms. The van der Waals surface area contributed by atoms with Gasteiger partial charge in [0, 0.05) is 12.1 Å². The van der Waals surface area contributed by atoms with Crippen LogP contribution in [0.2, 0.25) is 0 Å². The summed E-state index contributed by atoms with van der Waals surface area (Å²) in [5.74, 6) is -0.209. The van der Waals surface area contributed by atoms with Gasteiger partial charge in [-0.2, -0.15) is 0 Å². The van der Waals surface area contributed by atoms with E-state index in [1.54, 1.807) is 25.1 Å². The van der Waals surface area contributed by atoms with Gasteiger partial charge < -0.3 is 14.4 Å². The van der Waals surface area contributed by atoms with Crippen LogP contribution in [0.5, 0.6) is 11.5 Å². The van der Waals surface area contributed by atoms with Crippen molar-refractivity contribution in [2.75, 3.05) is 20.8 Å². The number of methoxy groups -OCH3 is 2. The van der Waals surface area contributed by atoms with E-state index in [0.29, 0.717) is 23.6 Å². The van der Waals surface area contributed by atoms with Crippen molar-refractivity contribution in [2.45, 2.75) is 19.4 Å². The fourth-order valence-corrected chi connectivity index (χ4v) is 2.43. The van der Waals surface area contributed by atoms with Crippen LogP contribution in [0.25, 0.3) is 0 Å². The van der Waals surface area contributed by atoms with Crippen molar-refractivity contribution in [1.82, 2.24) is 10.2 Å². The van der Waals surface area contributed by atoms with E-state index in [9.17, 15) is 14.4 Å². The van der Waals surface area contributed by atoms with Crippen LogP contribution in [0, 0.1) is 0 Å². The molecule has 1 aromatic rings. The fourth-order valence-electron chi connectivity index (χ4n) is 2.43. The quantitative estimate of drug-likeness (QED) is 0.804. The number of benzene rings is 1. The molecule has 0 unspecified atom stereocenters. The number of amides is 3. The lowest BCUT2D eigenvalue weighted by Crippen LogP contribution is -2.44. The number of carbonyl (C=O) groups excluding carboxylic acids is 3. The molecular formula is C15H18N2O5. The normalized spacial score (nSPS) is 17.1. The van der Waals surface area contributed by atoms with Crippen LogP contribution in [0.4, 0.5) is 0 Å². The molecule has 2 rings (SSSR count). The summed E-state index contributed by atoms with van der Waals surface area (Å²) >= 11 is 0. The zero-order chi connectivity index (χ0) is 16.3. The van der Waals surface area contributed by atoms with Gasteiger partial charge in [0.15, 0.2) is 11.5 Å². The van der Waals surface area contributed by atoms with Gasteiger partial charge >= 0.3 is 0 Å². The summed E-state index contributed by atoms with van der Waals surface area (Å²) in [4.78, 5) is 37.1. The van der Waals surface area contributed by atoms with E-state index >= 15 is 0 Å². The summed E-state index contributed by atoms with van der Waals surface area (Å²) in [6.07, 6.45) is -0.00823. The predicted molar refractivity (Wildman–Crippen MR) is 77.8 cm³/mol. The molecule has 0 saturated carbocycles. The highest BCUT2D eigenvalue weighted by atomic mass is 16.5. The maximum absolute atomic E-state index is 12.6. The molecule has 3 amide bonds. The topological polar surface area (TPSA) is 84.9 Å². The summed E-state index contributed by atoms with van der Waals surface area (Å²) in [6.45, 7) is 2.08. The third-order valence-corrected chi connectivity index (χ3v) is 3.55. The number of imide groups is 1. The Morgan fingerprint density at radius 2 is 1.95 bits per heavy atom. The molecular weight excluding hydrogens is 288 g/mol. The minimum atomic E-state index is -0.766. The Morgan fingerprint density at radius 1 is 1.27 bits per heavy atom. The van der Waals surface area contributed by atoms with Gasteiger partial charge in [0.05, 0.1) is 20.6 Å². The third-order valence-electron chi connectivity index (χ3n) is 3.55. The molecule has 1 aromatic carbocycles. The second kappa shape index (κ2) is 6.46. The number of nitrogens with zero attached hydrogens (tertiary/aromatic N) is 1. The molecule has 7 heteroatoms. The van der Waals surface area contributed by atoms with Gasteiger partial charge in [-0.3, -0.25) is 19.7 Å². The molecule has 22 heavy (non-hydrogen) atoms. The van der Waals surface area contributed by atoms with E-state index in [0.717, 1.165) is 0 Å². The molecule has 1 aliphatic heterocycles. The first kappa shape index (κ1) is 15.8. The first-order chi connectivity index (χ1) is 10.5. The average molecular weight is 306 g/mol. The minimum Gasteiger partial charge on any atom is -0.493 e. The standard InChI is InChI=1S/C15H18N2O5/c1-4-17(10-8-13(18)16-14(10)19)15(20)9-5-6-11(21-2)12(7-9)22-3/h5-7,10H,4,8H2,1-3H3,(H,16,18,19)/t10-/m0/s1. The Labute approximate surface area is 128 Å². The van der Waals surface area contributed by atoms with E-state index in [1.165, 1.54) is 19.1 Å². The summed E-state index contributed by atoms with van der Waals surface area (Å²) in [5, 5.41) is 2.21. The van der Waals surface area contributed by atoms with E-state index < -0.39 is 11.9 Å². The lowest BCUT2D eigenvalue weighted by Gasteiger charge is -2.25. The highest BCUT2D eigenvalue weighted by Gasteiger charge is 2.37. The van der Waals surface area contributed by atoms with E-state index in [2.05, 4.69) is 5.32 Å². The van der Waals surface area contributed by atoms with Crippen molar-refractivity contribution < 1.29 is 23.9 Å². The largest absolute Gasteiger partial charge is 0.493 e. The number of rotatable bonds is 5. The summed E-state index contributed by atoms with van der Waals surface area (Å²) in [5.41, 5.74) is 0.367. The molecule has 0 radical (unpaired) electrons. The highest BCUT2D eigenvalue weighted by Crippen LogP contribution is 2.28.